The van der Waals surface area contributed by atoms with E-state index in [2.05, 4.69) is 11.4 Å². The van der Waals surface area contributed by atoms with E-state index < -0.39 is 11.5 Å². The number of nitrogens with one attached hydrogen (secondary N) is 1. The molecular formula is C17H20N2O3S. The minimum atomic E-state index is -0.863. The van der Waals surface area contributed by atoms with Crippen molar-refractivity contribution in [3.8, 4) is 6.07 Å². The van der Waals surface area contributed by atoms with Gasteiger partial charge in [-0.05, 0) is 30.5 Å². The summed E-state index contributed by atoms with van der Waals surface area (Å²) in [4.78, 5) is 23.1. The third-order valence-electron chi connectivity index (χ3n) is 4.04. The molecule has 6 heteroatoms. The number of carbonyl (C=O) groups excluding carboxylic acids is 1. The molecule has 1 fully saturated rings. The van der Waals surface area contributed by atoms with Gasteiger partial charge < -0.3 is 10.4 Å². The second kappa shape index (κ2) is 8.02. The maximum Gasteiger partial charge on any atom is 0.305 e. The van der Waals surface area contributed by atoms with Crippen LogP contribution in [0.2, 0.25) is 0 Å². The predicted octanol–water partition coefficient (Wildman–Crippen LogP) is 2.70. The molecule has 5 nitrogen and oxygen atoms in total. The maximum absolute atomic E-state index is 12.1. The Morgan fingerprint density at radius 2 is 1.91 bits per heavy atom. The smallest absolute Gasteiger partial charge is 0.305 e. The third-order valence-corrected chi connectivity index (χ3v) is 5.04. The second-order valence-corrected chi connectivity index (χ2v) is 6.89. The number of benzene rings is 1. The topological polar surface area (TPSA) is 90.2 Å². The number of rotatable bonds is 7. The number of carboxylic acids is 1. The third kappa shape index (κ3) is 5.29. The number of hydrogen-bond acceptors (Lipinski definition) is 4. The highest BCUT2D eigenvalue weighted by Crippen LogP contribution is 2.32. The summed E-state index contributed by atoms with van der Waals surface area (Å²) in [6.07, 6.45) is 3.41. The Morgan fingerprint density at radius 3 is 2.48 bits per heavy atom. The van der Waals surface area contributed by atoms with Crippen LogP contribution in [-0.2, 0) is 15.3 Å². The average molecular weight is 332 g/mol. The van der Waals surface area contributed by atoms with Crippen LogP contribution in [0.1, 0.15) is 43.2 Å². The van der Waals surface area contributed by atoms with E-state index in [9.17, 15) is 9.59 Å². The molecule has 1 amide bonds. The van der Waals surface area contributed by atoms with Gasteiger partial charge in [-0.25, -0.2) is 0 Å². The Labute approximate surface area is 140 Å². The van der Waals surface area contributed by atoms with E-state index >= 15 is 0 Å². The lowest BCUT2D eigenvalue weighted by Gasteiger charge is -2.28. The fraction of sp³-hybridized carbons (Fsp3) is 0.471. The fourth-order valence-corrected chi connectivity index (χ4v) is 3.74. The van der Waals surface area contributed by atoms with Crippen molar-refractivity contribution in [3.05, 3.63) is 35.4 Å². The van der Waals surface area contributed by atoms with Crippen molar-refractivity contribution < 1.29 is 14.7 Å². The zero-order valence-corrected chi connectivity index (χ0v) is 13.7. The summed E-state index contributed by atoms with van der Waals surface area (Å²) in [5.74, 6) is 0.0242. The van der Waals surface area contributed by atoms with Gasteiger partial charge >= 0.3 is 5.97 Å². The molecule has 0 atom stereocenters. The Hall–Kier alpha value is -2.00. The number of carboxylic acid groups (broad SMARTS) is 1. The van der Waals surface area contributed by atoms with Crippen LogP contribution in [0.25, 0.3) is 0 Å². The van der Waals surface area contributed by atoms with Crippen LogP contribution in [0.3, 0.4) is 0 Å². The average Bonchev–Trinajstić information content (AvgIpc) is 2.95. The van der Waals surface area contributed by atoms with Crippen molar-refractivity contribution in [2.75, 3.05) is 5.75 Å². The largest absolute Gasteiger partial charge is 0.481 e. The van der Waals surface area contributed by atoms with Crippen LogP contribution in [0.4, 0.5) is 0 Å². The van der Waals surface area contributed by atoms with E-state index in [4.69, 9.17) is 10.4 Å². The highest BCUT2D eigenvalue weighted by Gasteiger charge is 2.37. The normalized spacial score (nSPS) is 15.8. The summed E-state index contributed by atoms with van der Waals surface area (Å²) in [6.45, 7) is 0. The first-order valence-corrected chi connectivity index (χ1v) is 8.78. The number of amides is 1. The fourth-order valence-electron chi connectivity index (χ4n) is 2.96. The van der Waals surface area contributed by atoms with Gasteiger partial charge in [0.25, 0.3) is 0 Å². The molecule has 1 aromatic carbocycles. The molecule has 0 radical (unpaired) electrons. The summed E-state index contributed by atoms with van der Waals surface area (Å²) in [6, 6.07) is 9.35. The van der Waals surface area contributed by atoms with Crippen molar-refractivity contribution >= 4 is 23.6 Å². The van der Waals surface area contributed by atoms with Gasteiger partial charge in [-0.2, -0.15) is 5.26 Å². The number of nitrogens with zero attached hydrogens (tertiary/aromatic N) is 1. The van der Waals surface area contributed by atoms with E-state index in [1.807, 2.05) is 12.1 Å². The highest BCUT2D eigenvalue weighted by atomic mass is 32.2. The van der Waals surface area contributed by atoms with Gasteiger partial charge in [-0.3, -0.25) is 9.59 Å². The van der Waals surface area contributed by atoms with Crippen molar-refractivity contribution in [1.82, 2.24) is 5.32 Å². The van der Waals surface area contributed by atoms with E-state index in [1.54, 1.807) is 12.1 Å². The summed E-state index contributed by atoms with van der Waals surface area (Å²) in [5.41, 5.74) is 1.12. The molecule has 0 aliphatic heterocycles. The molecule has 0 unspecified atom stereocenters. The molecule has 23 heavy (non-hydrogen) atoms. The first kappa shape index (κ1) is 17.4. The van der Waals surface area contributed by atoms with Gasteiger partial charge in [0.2, 0.25) is 5.91 Å². The number of hydrogen-bond donors (Lipinski definition) is 2. The molecule has 0 aromatic heterocycles. The zero-order chi connectivity index (χ0) is 16.7. The molecule has 0 heterocycles. The molecular weight excluding hydrogens is 312 g/mol. The molecule has 2 N–H and O–H groups in total. The van der Waals surface area contributed by atoms with Crippen LogP contribution < -0.4 is 5.32 Å². The van der Waals surface area contributed by atoms with E-state index in [-0.39, 0.29) is 12.3 Å². The number of aliphatic carboxylic acids is 1. The van der Waals surface area contributed by atoms with Crippen molar-refractivity contribution in [3.63, 3.8) is 0 Å². The molecule has 2 rings (SSSR count). The van der Waals surface area contributed by atoms with E-state index in [0.717, 1.165) is 31.2 Å². The maximum atomic E-state index is 12.1. The number of nitriles is 1. The summed E-state index contributed by atoms with van der Waals surface area (Å²) in [5, 5.41) is 20.7. The minimum Gasteiger partial charge on any atom is -0.481 e. The van der Waals surface area contributed by atoms with Gasteiger partial charge in [0.1, 0.15) is 0 Å². The lowest BCUT2D eigenvalue weighted by molar-refractivity contribution is -0.139. The van der Waals surface area contributed by atoms with Gasteiger partial charge in [-0.15, -0.1) is 11.8 Å². The first-order chi connectivity index (χ1) is 11.0. The van der Waals surface area contributed by atoms with Crippen molar-refractivity contribution in [2.45, 2.75) is 43.4 Å². The van der Waals surface area contributed by atoms with Gasteiger partial charge in [0.15, 0.2) is 0 Å². The predicted molar refractivity (Wildman–Crippen MR) is 88.9 cm³/mol. The SMILES string of the molecule is N#Cc1ccc(CSCC(=O)NC2(CC(=O)O)CCCC2)cc1. The molecule has 1 aliphatic rings. The quantitative estimate of drug-likeness (QED) is 0.801. The standard InChI is InChI=1S/C17H20N2O3S/c18-10-13-3-5-14(6-4-13)11-23-12-15(20)19-17(9-16(21)22)7-1-2-8-17/h3-6H,1-2,7-9,11-12H2,(H,19,20)(H,21,22). The Balaban J connectivity index is 1.79. The van der Waals surface area contributed by atoms with Gasteiger partial charge in [0, 0.05) is 5.75 Å². The molecule has 1 saturated carbocycles. The Morgan fingerprint density at radius 1 is 1.26 bits per heavy atom. The molecule has 0 spiro atoms. The summed E-state index contributed by atoms with van der Waals surface area (Å²) >= 11 is 1.49. The Bertz CT molecular complexity index is 601. The van der Waals surface area contributed by atoms with Gasteiger partial charge in [0.05, 0.1) is 29.3 Å². The molecule has 122 valence electrons. The molecule has 0 bridgehead atoms. The molecule has 1 aliphatic carbocycles. The van der Waals surface area contributed by atoms with E-state index in [0.29, 0.717) is 17.1 Å². The zero-order valence-electron chi connectivity index (χ0n) is 12.9. The second-order valence-electron chi connectivity index (χ2n) is 5.91. The van der Waals surface area contributed by atoms with E-state index in [1.165, 1.54) is 11.8 Å². The van der Waals surface area contributed by atoms with Crippen molar-refractivity contribution in [1.29, 1.82) is 5.26 Å². The van der Waals surface area contributed by atoms with Crippen LogP contribution in [-0.4, -0.2) is 28.3 Å². The lowest BCUT2D eigenvalue weighted by atomic mass is 9.93. The summed E-state index contributed by atoms with van der Waals surface area (Å²) in [7, 11) is 0. The van der Waals surface area contributed by atoms with Crippen LogP contribution >= 0.6 is 11.8 Å². The van der Waals surface area contributed by atoms with Crippen LogP contribution in [0.5, 0.6) is 0 Å². The number of carbonyl (C=O) groups is 2. The Kier molecular flexibility index (Phi) is 6.05. The van der Waals surface area contributed by atoms with Crippen molar-refractivity contribution in [2.24, 2.45) is 0 Å². The monoisotopic (exact) mass is 332 g/mol. The summed E-state index contributed by atoms with van der Waals surface area (Å²) < 4.78 is 0. The first-order valence-electron chi connectivity index (χ1n) is 7.63. The highest BCUT2D eigenvalue weighted by molar-refractivity contribution is 7.99. The molecule has 0 saturated heterocycles. The minimum absolute atomic E-state index is 0.000964. The van der Waals surface area contributed by atoms with Crippen LogP contribution in [0, 0.1) is 11.3 Å². The van der Waals surface area contributed by atoms with Gasteiger partial charge in [-0.1, -0.05) is 25.0 Å². The molecule has 1 aromatic rings. The number of thioether (sulfide) groups is 1. The lowest BCUT2D eigenvalue weighted by Crippen LogP contribution is -2.48. The van der Waals surface area contributed by atoms with Crippen LogP contribution in [0.15, 0.2) is 24.3 Å².